The van der Waals surface area contributed by atoms with E-state index in [2.05, 4.69) is 46.3 Å². The summed E-state index contributed by atoms with van der Waals surface area (Å²) >= 11 is 0. The highest BCUT2D eigenvalue weighted by Crippen LogP contribution is 2.30. The molecule has 306 valence electrons. The molecule has 2 aromatic rings. The zero-order chi connectivity index (χ0) is 40.2. The summed E-state index contributed by atoms with van der Waals surface area (Å²) in [5.41, 5.74) is 1.33. The average Bonchev–Trinajstić information content (AvgIpc) is 4.00. The molecule has 3 heterocycles. The molecule has 0 spiro atoms. The van der Waals surface area contributed by atoms with E-state index in [0.29, 0.717) is 56.7 Å². The first-order valence-electron chi connectivity index (χ1n) is 20.5. The van der Waals surface area contributed by atoms with Crippen molar-refractivity contribution in [2.24, 2.45) is 17.8 Å². The van der Waals surface area contributed by atoms with Crippen molar-refractivity contribution in [1.82, 2.24) is 35.7 Å². The molecule has 56 heavy (non-hydrogen) atoms. The maximum Gasteiger partial charge on any atom is 0.407 e. The van der Waals surface area contributed by atoms with Crippen molar-refractivity contribution in [1.29, 1.82) is 0 Å². The lowest BCUT2D eigenvalue weighted by molar-refractivity contribution is -0.142. The fraction of sp³-hybridized carbons (Fsp3) is 0.619. The Labute approximate surface area is 330 Å². The number of allylic oxidation sites excluding steroid dienone is 1. The van der Waals surface area contributed by atoms with Gasteiger partial charge in [-0.05, 0) is 61.8 Å². The minimum Gasteiger partial charge on any atom is -0.465 e. The van der Waals surface area contributed by atoms with Gasteiger partial charge in [0.15, 0.2) is 0 Å². The van der Waals surface area contributed by atoms with Crippen LogP contribution in [0.15, 0.2) is 55.5 Å². The first-order chi connectivity index (χ1) is 26.9. The van der Waals surface area contributed by atoms with E-state index in [-0.39, 0.29) is 31.2 Å². The van der Waals surface area contributed by atoms with Gasteiger partial charge in [0.05, 0.1) is 24.2 Å². The summed E-state index contributed by atoms with van der Waals surface area (Å²) < 4.78 is 0. The second kappa shape index (κ2) is 20.4. The molecule has 2 saturated heterocycles. The molecular weight excluding hydrogens is 715 g/mol. The third-order valence-electron chi connectivity index (χ3n) is 11.9. The predicted molar refractivity (Wildman–Crippen MR) is 211 cm³/mol. The Balaban J connectivity index is 1.35. The lowest BCUT2D eigenvalue weighted by atomic mass is 9.81. The molecule has 5 rings (SSSR count). The quantitative estimate of drug-likeness (QED) is 0.122. The number of benzene rings is 1. The van der Waals surface area contributed by atoms with Crippen LogP contribution in [0.25, 0.3) is 0 Å². The Hall–Kier alpha value is -4.72. The third-order valence-corrected chi connectivity index (χ3v) is 11.9. The fourth-order valence-electron chi connectivity index (χ4n) is 8.63. The van der Waals surface area contributed by atoms with Crippen LogP contribution in [0.2, 0.25) is 0 Å². The van der Waals surface area contributed by atoms with E-state index in [1.807, 2.05) is 36.4 Å². The van der Waals surface area contributed by atoms with Crippen LogP contribution in [0.4, 0.5) is 4.79 Å². The van der Waals surface area contributed by atoms with Gasteiger partial charge < -0.3 is 36.0 Å². The molecule has 1 saturated carbocycles. The number of carboxylic acid groups (broad SMARTS) is 1. The van der Waals surface area contributed by atoms with E-state index < -0.39 is 66.0 Å². The minimum absolute atomic E-state index is 0.0537. The summed E-state index contributed by atoms with van der Waals surface area (Å²) in [7, 11) is 0. The highest BCUT2D eigenvalue weighted by Gasteiger charge is 2.43. The number of nitrogens with one attached hydrogen (secondary N) is 4. The molecular formula is C42H61N7O7. The van der Waals surface area contributed by atoms with Crippen LogP contribution in [0.5, 0.6) is 0 Å². The van der Waals surface area contributed by atoms with Crippen LogP contribution in [0, 0.1) is 17.8 Å². The molecule has 5 amide bonds. The number of H-pyrrole nitrogens is 1. The summed E-state index contributed by atoms with van der Waals surface area (Å²) in [6, 6.07) is 4.74. The van der Waals surface area contributed by atoms with Gasteiger partial charge in [-0.1, -0.05) is 82.4 Å². The number of likely N-dealkylation sites (tertiary alicyclic amines) is 2. The number of rotatable bonds is 18. The lowest BCUT2D eigenvalue weighted by Crippen LogP contribution is -2.59. The van der Waals surface area contributed by atoms with Gasteiger partial charge in [-0.25, -0.2) is 9.78 Å². The van der Waals surface area contributed by atoms with Crippen LogP contribution >= 0.6 is 0 Å². The number of aromatic nitrogens is 2. The summed E-state index contributed by atoms with van der Waals surface area (Å²) in [5.74, 6) is -1.29. The molecule has 7 atom stereocenters. The van der Waals surface area contributed by atoms with Crippen LogP contribution < -0.4 is 16.0 Å². The Bertz CT molecular complexity index is 1610. The Morgan fingerprint density at radius 2 is 1.54 bits per heavy atom. The largest absolute Gasteiger partial charge is 0.465 e. The van der Waals surface area contributed by atoms with E-state index in [1.54, 1.807) is 6.20 Å². The van der Waals surface area contributed by atoms with Crippen LogP contribution in [0.3, 0.4) is 0 Å². The second-order valence-corrected chi connectivity index (χ2v) is 16.2. The van der Waals surface area contributed by atoms with Crippen molar-refractivity contribution in [2.45, 2.75) is 134 Å². The number of imidazole rings is 1. The monoisotopic (exact) mass is 775 g/mol. The van der Waals surface area contributed by atoms with Gasteiger partial charge in [-0.2, -0.15) is 0 Å². The molecule has 0 bridgehead atoms. The normalized spacial score (nSPS) is 21.5. The van der Waals surface area contributed by atoms with Crippen molar-refractivity contribution in [3.63, 3.8) is 0 Å². The molecule has 1 aromatic carbocycles. The lowest BCUT2D eigenvalue weighted by Gasteiger charge is -2.33. The first-order valence-corrected chi connectivity index (χ1v) is 20.5. The van der Waals surface area contributed by atoms with Gasteiger partial charge in [0.2, 0.25) is 23.6 Å². The molecule has 14 heteroatoms. The van der Waals surface area contributed by atoms with Crippen molar-refractivity contribution in [2.75, 3.05) is 13.1 Å². The second-order valence-electron chi connectivity index (χ2n) is 16.2. The fourth-order valence-corrected chi connectivity index (χ4v) is 8.63. The van der Waals surface area contributed by atoms with Gasteiger partial charge in [0.25, 0.3) is 0 Å². The Morgan fingerprint density at radius 1 is 0.875 bits per heavy atom. The number of aromatic amines is 1. The molecule has 6 N–H and O–H groups in total. The number of hydrogen-bond acceptors (Lipinski definition) is 7. The van der Waals surface area contributed by atoms with E-state index in [0.717, 1.165) is 36.1 Å². The van der Waals surface area contributed by atoms with Crippen LogP contribution in [0.1, 0.15) is 95.7 Å². The number of hydrogen-bond donors (Lipinski definition) is 6. The SMILES string of the molecule is C=C[C@H](C[C@H](O)[C@H](CC1CCCCC1)NC(=O)[C@H](Cc1c[nH]cn1)NC(=O)[C@H](Cc1ccccc1)NC(=O)[C@@H]1CCCN1C(=O)[C@H]1CCCN1C(=O)O)C(C)C. The smallest absolute Gasteiger partial charge is 0.407 e. The average molecular weight is 776 g/mol. The molecule has 14 nitrogen and oxygen atoms in total. The van der Waals surface area contributed by atoms with E-state index in [9.17, 15) is 34.2 Å². The molecule has 3 fully saturated rings. The highest BCUT2D eigenvalue weighted by molar-refractivity contribution is 5.96. The Kier molecular flexibility index (Phi) is 15.5. The number of carbonyl (C=O) groups is 5. The topological polar surface area (TPSA) is 197 Å². The van der Waals surface area contributed by atoms with Crippen molar-refractivity contribution >= 4 is 29.7 Å². The molecule has 3 aliphatic rings. The minimum atomic E-state index is -1.17. The summed E-state index contributed by atoms with van der Waals surface area (Å²) in [4.78, 5) is 77.9. The van der Waals surface area contributed by atoms with E-state index >= 15 is 0 Å². The first kappa shape index (κ1) is 42.4. The van der Waals surface area contributed by atoms with Gasteiger partial charge in [0, 0.05) is 32.1 Å². The maximum atomic E-state index is 14.3. The standard InChI is InChI=1S/C42H61N7O7/c1-4-30(27(2)3)23-37(50)32(21-28-13-7-5-8-14-28)45-39(52)34(24-31-25-43-26-44-31)46-38(51)33(22-29-15-9-6-10-16-29)47-40(53)35-17-11-19-48(35)41(54)36-18-12-20-49(36)42(55)56/h4,6,9-10,15-16,25-28,30,32-37,50H,1,5,7-8,11-14,17-24H2,2-3H3,(H,43,44)(H,45,52)(H,46,51)(H,47,53)(H,55,56)/t30-,32+,33+,34+,35+,36-,37+/m1/s1. The van der Waals surface area contributed by atoms with Crippen molar-refractivity contribution in [3.05, 3.63) is 66.8 Å². The number of amides is 5. The van der Waals surface area contributed by atoms with E-state index in [1.165, 1.54) is 17.6 Å². The zero-order valence-corrected chi connectivity index (χ0v) is 32.9. The van der Waals surface area contributed by atoms with Gasteiger partial charge in [0.1, 0.15) is 24.2 Å². The summed E-state index contributed by atoms with van der Waals surface area (Å²) in [6.45, 7) is 8.71. The summed E-state index contributed by atoms with van der Waals surface area (Å²) in [5, 5.41) is 30.2. The van der Waals surface area contributed by atoms with Crippen LogP contribution in [-0.4, -0.2) is 109 Å². The molecule has 0 unspecified atom stereocenters. The molecule has 1 aromatic heterocycles. The Morgan fingerprint density at radius 3 is 2.18 bits per heavy atom. The molecule has 2 aliphatic heterocycles. The molecule has 0 radical (unpaired) electrons. The van der Waals surface area contributed by atoms with Gasteiger partial charge in [-0.15, -0.1) is 6.58 Å². The zero-order valence-electron chi connectivity index (χ0n) is 32.9. The van der Waals surface area contributed by atoms with Crippen molar-refractivity contribution < 1.29 is 34.2 Å². The number of aliphatic hydroxyl groups excluding tert-OH is 1. The number of nitrogens with zero attached hydrogens (tertiary/aromatic N) is 3. The highest BCUT2D eigenvalue weighted by atomic mass is 16.4. The van der Waals surface area contributed by atoms with Crippen LogP contribution in [-0.2, 0) is 32.0 Å². The predicted octanol–water partition coefficient (Wildman–Crippen LogP) is 3.96. The molecule has 1 aliphatic carbocycles. The maximum absolute atomic E-state index is 14.3. The number of carbonyl (C=O) groups excluding carboxylic acids is 4. The van der Waals surface area contributed by atoms with Crippen molar-refractivity contribution in [3.8, 4) is 0 Å². The summed E-state index contributed by atoms with van der Waals surface area (Å²) in [6.07, 6.45) is 11.6. The third kappa shape index (κ3) is 11.4. The number of aliphatic hydroxyl groups is 1. The van der Waals surface area contributed by atoms with Gasteiger partial charge >= 0.3 is 6.09 Å². The van der Waals surface area contributed by atoms with Gasteiger partial charge in [-0.3, -0.25) is 24.1 Å². The van der Waals surface area contributed by atoms with E-state index in [4.69, 9.17) is 0 Å².